The molecule has 0 aliphatic carbocycles. The van der Waals surface area contributed by atoms with Crippen molar-refractivity contribution in [1.29, 1.82) is 0 Å². The highest BCUT2D eigenvalue weighted by atomic mass is 79.9. The van der Waals surface area contributed by atoms with E-state index in [1.165, 1.54) is 0 Å². The molecule has 0 aliphatic heterocycles. The van der Waals surface area contributed by atoms with Crippen molar-refractivity contribution in [3.8, 4) is 0 Å². The third-order valence-corrected chi connectivity index (χ3v) is 1.82. The van der Waals surface area contributed by atoms with Gasteiger partial charge < -0.3 is 10.5 Å². The molecule has 0 saturated heterocycles. The normalized spacial score (nSPS) is 10.2. The zero-order valence-corrected chi connectivity index (χ0v) is 8.15. The number of halogens is 1. The van der Waals surface area contributed by atoms with Crippen molar-refractivity contribution < 1.29 is 10.0 Å². The first-order valence-electron chi connectivity index (χ1n) is 3.46. The predicted molar refractivity (Wildman–Crippen MR) is 53.1 cm³/mol. The van der Waals surface area contributed by atoms with E-state index >= 15 is 0 Å². The molecule has 4 nitrogen and oxygen atoms in total. The maximum atomic E-state index is 10.9. The van der Waals surface area contributed by atoms with Gasteiger partial charge in [0.05, 0.1) is 0 Å². The lowest BCUT2D eigenvalue weighted by atomic mass is 10.3. The summed E-state index contributed by atoms with van der Waals surface area (Å²) in [5.41, 5.74) is 0.646. The Labute approximate surface area is 83.4 Å². The summed E-state index contributed by atoms with van der Waals surface area (Å²) >= 11 is 3.26. The van der Waals surface area contributed by atoms with Crippen LogP contribution >= 0.6 is 15.9 Å². The van der Waals surface area contributed by atoms with E-state index in [1.807, 2.05) is 0 Å². The lowest BCUT2D eigenvalue weighted by molar-refractivity contribution is -0.110. The maximum Gasteiger partial charge on any atom is 0.270 e. The molecule has 13 heavy (non-hydrogen) atoms. The van der Waals surface area contributed by atoms with Gasteiger partial charge in [-0.1, -0.05) is 21.1 Å². The number of nitrogens with one attached hydrogen (secondary N) is 1. The van der Waals surface area contributed by atoms with Crippen LogP contribution in [-0.4, -0.2) is 17.3 Å². The van der Waals surface area contributed by atoms with Gasteiger partial charge in [0.1, 0.15) is 6.21 Å². The summed E-state index contributed by atoms with van der Waals surface area (Å²) in [5.74, 6) is -0.468. The molecule has 5 heteroatoms. The lowest BCUT2D eigenvalue weighted by Crippen LogP contribution is -2.12. The van der Waals surface area contributed by atoms with Gasteiger partial charge in [0.2, 0.25) is 0 Å². The highest BCUT2D eigenvalue weighted by Gasteiger charge is 1.97. The van der Waals surface area contributed by atoms with E-state index in [-0.39, 0.29) is 0 Å². The molecule has 0 aliphatic rings. The number of carbonyl (C=O) groups is 1. The highest BCUT2D eigenvalue weighted by Crippen LogP contribution is 2.13. The molecule has 2 N–H and O–H groups in total. The van der Waals surface area contributed by atoms with Gasteiger partial charge in [-0.05, 0) is 24.3 Å². The molecule has 0 unspecified atom stereocenters. The summed E-state index contributed by atoms with van der Waals surface area (Å²) in [6, 6.07) is 7.05. The van der Waals surface area contributed by atoms with E-state index in [0.29, 0.717) is 5.69 Å². The van der Waals surface area contributed by atoms with Crippen LogP contribution in [0.4, 0.5) is 5.69 Å². The van der Waals surface area contributed by atoms with Gasteiger partial charge in [-0.15, -0.1) is 0 Å². The molecular formula is C8H7BrN2O2. The SMILES string of the molecule is O=C(/C=N\O)Nc1ccc(Br)cc1. The summed E-state index contributed by atoms with van der Waals surface area (Å²) < 4.78 is 0.932. The zero-order chi connectivity index (χ0) is 9.68. The molecule has 1 amide bonds. The molecule has 0 saturated carbocycles. The van der Waals surface area contributed by atoms with Crippen molar-refractivity contribution in [2.24, 2.45) is 5.16 Å². The van der Waals surface area contributed by atoms with Gasteiger partial charge in [-0.3, -0.25) is 4.79 Å². The van der Waals surface area contributed by atoms with Crippen LogP contribution in [0.3, 0.4) is 0 Å². The van der Waals surface area contributed by atoms with Crippen LogP contribution in [0.25, 0.3) is 0 Å². The summed E-state index contributed by atoms with van der Waals surface area (Å²) in [6.45, 7) is 0. The van der Waals surface area contributed by atoms with E-state index in [9.17, 15) is 4.79 Å². The highest BCUT2D eigenvalue weighted by molar-refractivity contribution is 9.10. The second-order valence-corrected chi connectivity index (χ2v) is 3.16. The summed E-state index contributed by atoms with van der Waals surface area (Å²) in [6.07, 6.45) is 0.794. The number of benzene rings is 1. The van der Waals surface area contributed by atoms with Crippen LogP contribution in [0.15, 0.2) is 33.9 Å². The standard InChI is InChI=1S/C8H7BrN2O2/c9-6-1-3-7(4-2-6)11-8(12)5-10-13/h1-5,13H,(H,11,12)/b10-5-. The van der Waals surface area contributed by atoms with Crippen molar-refractivity contribution in [3.05, 3.63) is 28.7 Å². The minimum absolute atomic E-state index is 0.468. The van der Waals surface area contributed by atoms with Crippen molar-refractivity contribution in [2.75, 3.05) is 5.32 Å². The number of carbonyl (C=O) groups excluding carboxylic acids is 1. The molecule has 1 rings (SSSR count). The number of amides is 1. The van der Waals surface area contributed by atoms with Crippen LogP contribution in [0.1, 0.15) is 0 Å². The summed E-state index contributed by atoms with van der Waals surface area (Å²) in [4.78, 5) is 10.9. The Bertz CT molecular complexity index is 321. The first-order valence-corrected chi connectivity index (χ1v) is 4.25. The minimum atomic E-state index is -0.468. The van der Waals surface area contributed by atoms with E-state index in [0.717, 1.165) is 10.7 Å². The number of anilines is 1. The van der Waals surface area contributed by atoms with Crippen molar-refractivity contribution >= 4 is 33.7 Å². The number of oxime groups is 1. The van der Waals surface area contributed by atoms with Crippen LogP contribution in [0.5, 0.6) is 0 Å². The Morgan fingerprint density at radius 2 is 2.08 bits per heavy atom. The molecule has 1 aromatic rings. The third-order valence-electron chi connectivity index (χ3n) is 1.29. The number of rotatable bonds is 2. The lowest BCUT2D eigenvalue weighted by Gasteiger charge is -2.00. The zero-order valence-electron chi connectivity index (χ0n) is 6.57. The van der Waals surface area contributed by atoms with Gasteiger partial charge >= 0.3 is 0 Å². The fourth-order valence-electron chi connectivity index (χ4n) is 0.760. The predicted octanol–water partition coefficient (Wildman–Crippen LogP) is 1.85. The second kappa shape index (κ2) is 4.61. The molecule has 0 aromatic heterocycles. The van der Waals surface area contributed by atoms with Crippen LogP contribution in [0, 0.1) is 0 Å². The molecule has 0 heterocycles. The largest absolute Gasteiger partial charge is 0.411 e. The average Bonchev–Trinajstić information content (AvgIpc) is 2.09. The number of hydrogen-bond acceptors (Lipinski definition) is 3. The monoisotopic (exact) mass is 242 g/mol. The van der Waals surface area contributed by atoms with Crippen LogP contribution in [-0.2, 0) is 4.79 Å². The average molecular weight is 243 g/mol. The fraction of sp³-hybridized carbons (Fsp3) is 0. The quantitative estimate of drug-likeness (QED) is 0.473. The van der Waals surface area contributed by atoms with Gasteiger partial charge in [0.15, 0.2) is 0 Å². The molecule has 0 radical (unpaired) electrons. The molecule has 68 valence electrons. The molecule has 0 atom stereocenters. The molecule has 0 spiro atoms. The van der Waals surface area contributed by atoms with E-state index in [4.69, 9.17) is 5.21 Å². The summed E-state index contributed by atoms with van der Waals surface area (Å²) in [7, 11) is 0. The third kappa shape index (κ3) is 3.25. The topological polar surface area (TPSA) is 61.7 Å². The first-order chi connectivity index (χ1) is 6.22. The number of hydrogen-bond donors (Lipinski definition) is 2. The summed E-state index contributed by atoms with van der Waals surface area (Å²) in [5, 5.41) is 13.2. The van der Waals surface area contributed by atoms with Crippen LogP contribution < -0.4 is 5.32 Å². The Hall–Kier alpha value is -1.36. The van der Waals surface area contributed by atoms with Crippen molar-refractivity contribution in [3.63, 3.8) is 0 Å². The van der Waals surface area contributed by atoms with Crippen molar-refractivity contribution in [2.45, 2.75) is 0 Å². The van der Waals surface area contributed by atoms with Crippen LogP contribution in [0.2, 0.25) is 0 Å². The van der Waals surface area contributed by atoms with Crippen molar-refractivity contribution in [1.82, 2.24) is 0 Å². The minimum Gasteiger partial charge on any atom is -0.411 e. The Balaban J connectivity index is 2.64. The smallest absolute Gasteiger partial charge is 0.270 e. The van der Waals surface area contributed by atoms with Gasteiger partial charge in [-0.25, -0.2) is 0 Å². The maximum absolute atomic E-state index is 10.9. The Morgan fingerprint density at radius 1 is 1.46 bits per heavy atom. The first kappa shape index (κ1) is 9.73. The second-order valence-electron chi connectivity index (χ2n) is 2.24. The van der Waals surface area contributed by atoms with E-state index < -0.39 is 5.91 Å². The fourth-order valence-corrected chi connectivity index (χ4v) is 1.02. The molecule has 0 bridgehead atoms. The molecule has 0 fully saturated rings. The Kier molecular flexibility index (Phi) is 3.45. The molecule has 1 aromatic carbocycles. The molecular weight excluding hydrogens is 236 g/mol. The number of nitrogens with zero attached hydrogens (tertiary/aromatic N) is 1. The van der Waals surface area contributed by atoms with E-state index in [1.54, 1.807) is 24.3 Å². The van der Waals surface area contributed by atoms with Gasteiger partial charge in [0.25, 0.3) is 5.91 Å². The Morgan fingerprint density at radius 3 is 2.62 bits per heavy atom. The van der Waals surface area contributed by atoms with Gasteiger partial charge in [0, 0.05) is 10.2 Å². The van der Waals surface area contributed by atoms with E-state index in [2.05, 4.69) is 26.4 Å². The van der Waals surface area contributed by atoms with Gasteiger partial charge in [-0.2, -0.15) is 0 Å².